The first-order valence-corrected chi connectivity index (χ1v) is 7.12. The maximum atomic E-state index is 9.56. The van der Waals surface area contributed by atoms with E-state index in [1.807, 2.05) is 31.2 Å². The van der Waals surface area contributed by atoms with Gasteiger partial charge in [0.1, 0.15) is 0 Å². The molecular weight excluding hydrogens is 312 g/mol. The molecule has 0 saturated carbocycles. The molecule has 1 heterocycles. The lowest BCUT2D eigenvalue weighted by atomic mass is 10.1. The highest BCUT2D eigenvalue weighted by Gasteiger charge is 2.08. The van der Waals surface area contributed by atoms with Crippen LogP contribution in [0, 0.1) is 6.92 Å². The highest BCUT2D eigenvalue weighted by atomic mass is 79.9. The van der Waals surface area contributed by atoms with Gasteiger partial charge in [-0.1, -0.05) is 22.0 Å². The number of hydrogen-bond donors (Lipinski definition) is 1. The van der Waals surface area contributed by atoms with Crippen molar-refractivity contribution in [1.82, 2.24) is 9.97 Å². The van der Waals surface area contributed by atoms with Crippen LogP contribution < -0.4 is 0 Å². The standard InChI is InChI=1S/C13H13BrN2OS/c1-8-5-6-15-13(16-8)18-10-3-4-11(9(2)17)12(14)7-10/h3-7,9,17H,1-2H3/t9-/m0/s1. The minimum absolute atomic E-state index is 0.478. The molecular formula is C13H13BrN2OS. The second kappa shape index (κ2) is 5.82. The summed E-state index contributed by atoms with van der Waals surface area (Å²) in [5.74, 6) is 0. The molecule has 18 heavy (non-hydrogen) atoms. The van der Waals surface area contributed by atoms with Gasteiger partial charge in [0.25, 0.3) is 0 Å². The van der Waals surface area contributed by atoms with Crippen molar-refractivity contribution in [2.24, 2.45) is 0 Å². The molecule has 3 nitrogen and oxygen atoms in total. The fraction of sp³-hybridized carbons (Fsp3) is 0.231. The van der Waals surface area contributed by atoms with Crippen LogP contribution in [0.4, 0.5) is 0 Å². The molecule has 5 heteroatoms. The van der Waals surface area contributed by atoms with Crippen molar-refractivity contribution in [3.63, 3.8) is 0 Å². The second-order valence-electron chi connectivity index (χ2n) is 3.94. The number of halogens is 1. The Morgan fingerprint density at radius 3 is 2.72 bits per heavy atom. The lowest BCUT2D eigenvalue weighted by Gasteiger charge is -2.09. The lowest BCUT2D eigenvalue weighted by Crippen LogP contribution is -1.93. The first-order valence-electron chi connectivity index (χ1n) is 5.51. The number of rotatable bonds is 3. The number of aliphatic hydroxyl groups is 1. The summed E-state index contributed by atoms with van der Waals surface area (Å²) in [6, 6.07) is 7.71. The third-order valence-electron chi connectivity index (χ3n) is 2.40. The first kappa shape index (κ1) is 13.5. The maximum Gasteiger partial charge on any atom is 0.192 e. The Bertz CT molecular complexity index is 560. The molecule has 2 rings (SSSR count). The molecule has 94 valence electrons. The van der Waals surface area contributed by atoms with Crippen LogP contribution in [0.5, 0.6) is 0 Å². The quantitative estimate of drug-likeness (QED) is 0.873. The summed E-state index contributed by atoms with van der Waals surface area (Å²) < 4.78 is 0.898. The van der Waals surface area contributed by atoms with Crippen molar-refractivity contribution in [1.29, 1.82) is 0 Å². The van der Waals surface area contributed by atoms with Gasteiger partial charge in [-0.05, 0) is 49.4 Å². The number of nitrogens with zero attached hydrogens (tertiary/aromatic N) is 2. The van der Waals surface area contributed by atoms with E-state index < -0.39 is 6.10 Å². The minimum Gasteiger partial charge on any atom is -0.389 e. The number of aromatic nitrogens is 2. The molecule has 0 aliphatic heterocycles. The number of hydrogen-bond acceptors (Lipinski definition) is 4. The van der Waals surface area contributed by atoms with E-state index in [-0.39, 0.29) is 0 Å². The van der Waals surface area contributed by atoms with E-state index in [1.165, 1.54) is 11.8 Å². The summed E-state index contributed by atoms with van der Waals surface area (Å²) in [7, 11) is 0. The number of aliphatic hydroxyl groups excluding tert-OH is 1. The van der Waals surface area contributed by atoms with E-state index >= 15 is 0 Å². The highest BCUT2D eigenvalue weighted by Crippen LogP contribution is 2.31. The molecule has 0 aliphatic carbocycles. The fourth-order valence-corrected chi connectivity index (χ4v) is 3.18. The topological polar surface area (TPSA) is 46.0 Å². The van der Waals surface area contributed by atoms with Crippen LogP contribution >= 0.6 is 27.7 Å². The van der Waals surface area contributed by atoms with Crippen molar-refractivity contribution in [3.05, 3.63) is 46.2 Å². The zero-order valence-electron chi connectivity index (χ0n) is 10.1. The van der Waals surface area contributed by atoms with E-state index in [1.54, 1.807) is 13.1 Å². The van der Waals surface area contributed by atoms with Crippen LogP contribution in [0.25, 0.3) is 0 Å². The van der Waals surface area contributed by atoms with Gasteiger partial charge >= 0.3 is 0 Å². The van der Waals surface area contributed by atoms with Crippen molar-refractivity contribution in [2.45, 2.75) is 30.0 Å². The van der Waals surface area contributed by atoms with E-state index in [0.717, 1.165) is 25.8 Å². The second-order valence-corrected chi connectivity index (χ2v) is 5.84. The summed E-state index contributed by atoms with van der Waals surface area (Å²) in [6.45, 7) is 3.69. The first-order chi connectivity index (χ1) is 8.56. The molecule has 0 fully saturated rings. The number of aryl methyl sites for hydroxylation is 1. The summed E-state index contributed by atoms with van der Waals surface area (Å²) in [5.41, 5.74) is 1.83. The number of benzene rings is 1. The molecule has 0 unspecified atom stereocenters. The molecule has 1 N–H and O–H groups in total. The summed E-state index contributed by atoms with van der Waals surface area (Å²) in [6.07, 6.45) is 1.28. The Kier molecular flexibility index (Phi) is 4.37. The van der Waals surface area contributed by atoms with Crippen LogP contribution in [0.15, 0.2) is 45.0 Å². The van der Waals surface area contributed by atoms with Gasteiger partial charge in [0.05, 0.1) is 6.10 Å². The molecule has 1 aromatic heterocycles. The molecule has 1 atom stereocenters. The maximum absolute atomic E-state index is 9.56. The fourth-order valence-electron chi connectivity index (χ4n) is 1.49. The van der Waals surface area contributed by atoms with Gasteiger partial charge < -0.3 is 5.11 Å². The zero-order chi connectivity index (χ0) is 13.1. The van der Waals surface area contributed by atoms with Crippen molar-refractivity contribution < 1.29 is 5.11 Å². The third-order valence-corrected chi connectivity index (χ3v) is 3.96. The van der Waals surface area contributed by atoms with Crippen LogP contribution in [-0.4, -0.2) is 15.1 Å². The third kappa shape index (κ3) is 3.31. The van der Waals surface area contributed by atoms with Crippen LogP contribution in [0.1, 0.15) is 24.3 Å². The van der Waals surface area contributed by atoms with Crippen molar-refractivity contribution >= 4 is 27.7 Å². The molecule has 0 bridgehead atoms. The Morgan fingerprint density at radius 1 is 1.33 bits per heavy atom. The predicted octanol–water partition coefficient (Wildman–Crippen LogP) is 3.75. The lowest BCUT2D eigenvalue weighted by molar-refractivity contribution is 0.198. The molecule has 0 saturated heterocycles. The Labute approximate surface area is 119 Å². The SMILES string of the molecule is Cc1ccnc(Sc2ccc([C@H](C)O)c(Br)c2)n1. The van der Waals surface area contributed by atoms with Gasteiger partial charge in [-0.3, -0.25) is 0 Å². The molecule has 0 amide bonds. The van der Waals surface area contributed by atoms with E-state index in [9.17, 15) is 5.11 Å². The van der Waals surface area contributed by atoms with Gasteiger partial charge in [0.2, 0.25) is 0 Å². The van der Waals surface area contributed by atoms with Gasteiger partial charge in [0, 0.05) is 21.3 Å². The predicted molar refractivity (Wildman–Crippen MR) is 75.7 cm³/mol. The largest absolute Gasteiger partial charge is 0.389 e. The minimum atomic E-state index is -0.478. The van der Waals surface area contributed by atoms with Crippen molar-refractivity contribution in [3.8, 4) is 0 Å². The van der Waals surface area contributed by atoms with Gasteiger partial charge in [-0.2, -0.15) is 0 Å². The average Bonchev–Trinajstić information content (AvgIpc) is 2.28. The Hall–Kier alpha value is -0.910. The van der Waals surface area contributed by atoms with Crippen molar-refractivity contribution in [2.75, 3.05) is 0 Å². The molecule has 1 aromatic carbocycles. The van der Waals surface area contributed by atoms with Gasteiger partial charge in [-0.15, -0.1) is 0 Å². The monoisotopic (exact) mass is 324 g/mol. The van der Waals surface area contributed by atoms with E-state index in [0.29, 0.717) is 0 Å². The Morgan fingerprint density at radius 2 is 2.11 bits per heavy atom. The molecule has 0 aliphatic rings. The summed E-state index contributed by atoms with van der Waals surface area (Å²) in [5, 5.41) is 10.3. The smallest absolute Gasteiger partial charge is 0.192 e. The summed E-state index contributed by atoms with van der Waals surface area (Å²) in [4.78, 5) is 9.59. The van der Waals surface area contributed by atoms with E-state index in [4.69, 9.17) is 0 Å². The van der Waals surface area contributed by atoms with Crippen LogP contribution in [0.2, 0.25) is 0 Å². The molecule has 0 radical (unpaired) electrons. The van der Waals surface area contributed by atoms with E-state index in [2.05, 4.69) is 25.9 Å². The zero-order valence-corrected chi connectivity index (χ0v) is 12.5. The van der Waals surface area contributed by atoms with Gasteiger partial charge in [-0.25, -0.2) is 9.97 Å². The Balaban J connectivity index is 2.23. The summed E-state index contributed by atoms with van der Waals surface area (Å²) >= 11 is 4.96. The van der Waals surface area contributed by atoms with Gasteiger partial charge in [0.15, 0.2) is 5.16 Å². The highest BCUT2D eigenvalue weighted by molar-refractivity contribution is 9.10. The average molecular weight is 325 g/mol. The molecule has 2 aromatic rings. The van der Waals surface area contributed by atoms with Crippen LogP contribution in [-0.2, 0) is 0 Å². The van der Waals surface area contributed by atoms with Crippen LogP contribution in [0.3, 0.4) is 0 Å². The molecule has 0 spiro atoms. The normalized spacial score (nSPS) is 12.4.